The van der Waals surface area contributed by atoms with E-state index in [4.69, 9.17) is 4.74 Å². The van der Waals surface area contributed by atoms with Gasteiger partial charge < -0.3 is 4.74 Å². The summed E-state index contributed by atoms with van der Waals surface area (Å²) in [4.78, 5) is 0. The topological polar surface area (TPSA) is 9.23 Å². The van der Waals surface area contributed by atoms with Crippen LogP contribution in [0.5, 0.6) is 5.75 Å². The van der Waals surface area contributed by atoms with Crippen LogP contribution in [0.25, 0.3) is 0 Å². The van der Waals surface area contributed by atoms with E-state index in [2.05, 4.69) is 39.0 Å². The Kier molecular flexibility index (Phi) is 4.85. The standard InChI is InChI=1S/C13H18O.C2H6/c1-9(2)11-4-5-13-12(7-11)6-10(3)8-14-13;1-2/h4-5,7,9-10H,6,8H2,1-3H3;1-2H3. The van der Waals surface area contributed by atoms with Gasteiger partial charge in [-0.15, -0.1) is 0 Å². The van der Waals surface area contributed by atoms with Gasteiger partial charge in [-0.25, -0.2) is 0 Å². The first-order chi connectivity index (χ1) is 7.66. The van der Waals surface area contributed by atoms with E-state index >= 15 is 0 Å². The molecule has 0 saturated carbocycles. The smallest absolute Gasteiger partial charge is 0.122 e. The van der Waals surface area contributed by atoms with E-state index in [1.165, 1.54) is 11.1 Å². The molecule has 1 aliphatic heterocycles. The van der Waals surface area contributed by atoms with Crippen molar-refractivity contribution < 1.29 is 4.74 Å². The molecule has 0 amide bonds. The van der Waals surface area contributed by atoms with Crippen molar-refractivity contribution in [2.24, 2.45) is 5.92 Å². The lowest BCUT2D eigenvalue weighted by Gasteiger charge is -2.23. The molecule has 1 aliphatic rings. The number of hydrogen-bond donors (Lipinski definition) is 0. The summed E-state index contributed by atoms with van der Waals surface area (Å²) in [6.45, 7) is 11.6. The van der Waals surface area contributed by atoms with Crippen molar-refractivity contribution in [3.8, 4) is 5.75 Å². The fourth-order valence-electron chi connectivity index (χ4n) is 1.93. The van der Waals surface area contributed by atoms with E-state index < -0.39 is 0 Å². The molecule has 0 aromatic heterocycles. The largest absolute Gasteiger partial charge is 0.493 e. The maximum Gasteiger partial charge on any atom is 0.122 e. The lowest BCUT2D eigenvalue weighted by atomic mass is 9.94. The summed E-state index contributed by atoms with van der Waals surface area (Å²) in [5.41, 5.74) is 2.80. The Hall–Kier alpha value is -0.980. The van der Waals surface area contributed by atoms with E-state index in [0.29, 0.717) is 11.8 Å². The third-order valence-electron chi connectivity index (χ3n) is 2.84. The number of fused-ring (bicyclic) bond motifs is 1. The van der Waals surface area contributed by atoms with Crippen LogP contribution in [0.1, 0.15) is 51.7 Å². The molecule has 0 N–H and O–H groups in total. The molecule has 2 rings (SSSR count). The molecular formula is C15H24O. The molecule has 90 valence electrons. The van der Waals surface area contributed by atoms with Crippen molar-refractivity contribution in [2.45, 2.75) is 47.0 Å². The zero-order valence-corrected chi connectivity index (χ0v) is 11.2. The van der Waals surface area contributed by atoms with Crippen LogP contribution < -0.4 is 4.74 Å². The van der Waals surface area contributed by atoms with Crippen LogP contribution in [0, 0.1) is 5.92 Å². The van der Waals surface area contributed by atoms with Crippen molar-refractivity contribution in [3.63, 3.8) is 0 Å². The average Bonchev–Trinajstić information content (AvgIpc) is 2.30. The molecular weight excluding hydrogens is 196 g/mol. The van der Waals surface area contributed by atoms with Crippen molar-refractivity contribution in [3.05, 3.63) is 29.3 Å². The molecule has 1 heterocycles. The van der Waals surface area contributed by atoms with Gasteiger partial charge in [0.05, 0.1) is 6.61 Å². The van der Waals surface area contributed by atoms with Crippen molar-refractivity contribution in [2.75, 3.05) is 6.61 Å². The molecule has 0 radical (unpaired) electrons. The summed E-state index contributed by atoms with van der Waals surface area (Å²) in [6, 6.07) is 6.60. The third-order valence-corrected chi connectivity index (χ3v) is 2.84. The summed E-state index contributed by atoms with van der Waals surface area (Å²) < 4.78 is 5.67. The van der Waals surface area contributed by atoms with Crippen molar-refractivity contribution in [1.29, 1.82) is 0 Å². The van der Waals surface area contributed by atoms with Crippen LogP contribution in [0.3, 0.4) is 0 Å². The molecule has 0 spiro atoms. The molecule has 1 aromatic carbocycles. The molecule has 1 aromatic rings. The van der Waals surface area contributed by atoms with Gasteiger partial charge in [-0.05, 0) is 35.4 Å². The predicted octanol–water partition coefficient (Wildman–Crippen LogP) is 4.41. The molecule has 0 saturated heterocycles. The predicted molar refractivity (Wildman–Crippen MR) is 70.2 cm³/mol. The van der Waals surface area contributed by atoms with Gasteiger partial charge in [0.25, 0.3) is 0 Å². The Bertz CT molecular complexity index is 328. The Labute approximate surface area is 99.8 Å². The van der Waals surface area contributed by atoms with Gasteiger partial charge >= 0.3 is 0 Å². The van der Waals surface area contributed by atoms with E-state index in [1.54, 1.807) is 0 Å². The summed E-state index contributed by atoms with van der Waals surface area (Å²) in [5.74, 6) is 2.36. The minimum Gasteiger partial charge on any atom is -0.493 e. The normalized spacial score (nSPS) is 18.2. The monoisotopic (exact) mass is 220 g/mol. The Morgan fingerprint density at radius 1 is 1.25 bits per heavy atom. The quantitative estimate of drug-likeness (QED) is 0.681. The molecule has 1 nitrogen and oxygen atoms in total. The van der Waals surface area contributed by atoms with Crippen LogP contribution in [-0.4, -0.2) is 6.61 Å². The van der Waals surface area contributed by atoms with Gasteiger partial charge in [-0.2, -0.15) is 0 Å². The maximum absolute atomic E-state index is 5.67. The van der Waals surface area contributed by atoms with E-state index in [0.717, 1.165) is 18.8 Å². The lowest BCUT2D eigenvalue weighted by Crippen LogP contribution is -2.18. The van der Waals surface area contributed by atoms with Crippen LogP contribution in [-0.2, 0) is 6.42 Å². The highest BCUT2D eigenvalue weighted by atomic mass is 16.5. The fourth-order valence-corrected chi connectivity index (χ4v) is 1.93. The second-order valence-electron chi connectivity index (χ2n) is 4.64. The second kappa shape index (κ2) is 5.93. The lowest BCUT2D eigenvalue weighted by molar-refractivity contribution is 0.234. The van der Waals surface area contributed by atoms with Crippen LogP contribution in [0.15, 0.2) is 18.2 Å². The van der Waals surface area contributed by atoms with Crippen LogP contribution in [0.2, 0.25) is 0 Å². The van der Waals surface area contributed by atoms with Crippen molar-refractivity contribution >= 4 is 0 Å². The molecule has 1 unspecified atom stereocenters. The average molecular weight is 220 g/mol. The molecule has 0 bridgehead atoms. The number of rotatable bonds is 1. The first kappa shape index (κ1) is 13.1. The molecule has 16 heavy (non-hydrogen) atoms. The first-order valence-corrected chi connectivity index (χ1v) is 6.42. The summed E-state index contributed by atoms with van der Waals surface area (Å²) in [7, 11) is 0. The Morgan fingerprint density at radius 2 is 1.94 bits per heavy atom. The zero-order valence-electron chi connectivity index (χ0n) is 11.2. The summed E-state index contributed by atoms with van der Waals surface area (Å²) >= 11 is 0. The molecule has 0 fully saturated rings. The highest BCUT2D eigenvalue weighted by molar-refractivity contribution is 5.39. The van der Waals surface area contributed by atoms with Gasteiger partial charge in [-0.3, -0.25) is 0 Å². The number of ether oxygens (including phenoxy) is 1. The highest BCUT2D eigenvalue weighted by Gasteiger charge is 2.16. The Balaban J connectivity index is 0.000000606. The fraction of sp³-hybridized carbons (Fsp3) is 0.600. The van der Waals surface area contributed by atoms with Gasteiger partial charge in [0.2, 0.25) is 0 Å². The molecule has 1 heteroatoms. The van der Waals surface area contributed by atoms with Crippen LogP contribution in [0.4, 0.5) is 0 Å². The summed E-state index contributed by atoms with van der Waals surface area (Å²) in [5, 5.41) is 0. The first-order valence-electron chi connectivity index (χ1n) is 6.42. The molecule has 1 atom stereocenters. The van der Waals surface area contributed by atoms with Gasteiger partial charge in [0, 0.05) is 0 Å². The van der Waals surface area contributed by atoms with E-state index in [1.807, 2.05) is 13.8 Å². The van der Waals surface area contributed by atoms with Crippen LogP contribution >= 0.6 is 0 Å². The summed E-state index contributed by atoms with van der Waals surface area (Å²) in [6.07, 6.45) is 1.16. The third kappa shape index (κ3) is 3.01. The van der Waals surface area contributed by atoms with Crippen molar-refractivity contribution in [1.82, 2.24) is 0 Å². The molecule has 0 aliphatic carbocycles. The number of hydrogen-bond acceptors (Lipinski definition) is 1. The van der Waals surface area contributed by atoms with E-state index in [-0.39, 0.29) is 0 Å². The zero-order chi connectivity index (χ0) is 12.1. The van der Waals surface area contributed by atoms with E-state index in [9.17, 15) is 0 Å². The second-order valence-corrected chi connectivity index (χ2v) is 4.64. The highest BCUT2D eigenvalue weighted by Crippen LogP contribution is 2.29. The van der Waals surface area contributed by atoms with Gasteiger partial charge in [-0.1, -0.05) is 46.8 Å². The Morgan fingerprint density at radius 3 is 2.56 bits per heavy atom. The number of benzene rings is 1. The van der Waals surface area contributed by atoms with Gasteiger partial charge in [0.1, 0.15) is 5.75 Å². The maximum atomic E-state index is 5.67. The van der Waals surface area contributed by atoms with Gasteiger partial charge in [0.15, 0.2) is 0 Å². The minimum absolute atomic E-state index is 0.609. The minimum atomic E-state index is 0.609. The SMILES string of the molecule is CC.CC1COc2ccc(C(C)C)cc2C1.